The van der Waals surface area contributed by atoms with Crippen molar-refractivity contribution in [2.24, 2.45) is 0 Å². The lowest BCUT2D eigenvalue weighted by atomic mass is 10.1. The first-order chi connectivity index (χ1) is 15.8. The molecule has 0 bridgehead atoms. The zero-order chi connectivity index (χ0) is 24.0. The van der Waals surface area contributed by atoms with Gasteiger partial charge in [-0.05, 0) is 57.1 Å². The number of rotatable bonds is 9. The number of amides is 1. The Morgan fingerprint density at radius 2 is 1.76 bits per heavy atom. The largest absolute Gasteiger partial charge is 0.325 e. The Morgan fingerprint density at radius 3 is 2.39 bits per heavy atom. The summed E-state index contributed by atoms with van der Waals surface area (Å²) in [5.41, 5.74) is 2.62. The number of halogens is 2. The first kappa shape index (κ1) is 24.9. The van der Waals surface area contributed by atoms with Crippen molar-refractivity contribution in [3.63, 3.8) is 0 Å². The second kappa shape index (κ2) is 11.4. The molecule has 3 rings (SSSR count). The molecule has 1 amide bonds. The van der Waals surface area contributed by atoms with Gasteiger partial charge in [0.1, 0.15) is 17.5 Å². The molecule has 0 aliphatic rings. The monoisotopic (exact) mass is 486 g/mol. The highest BCUT2D eigenvalue weighted by Crippen LogP contribution is 2.29. The van der Waals surface area contributed by atoms with Crippen LogP contribution in [0.4, 0.5) is 17.3 Å². The molecule has 0 saturated heterocycles. The summed E-state index contributed by atoms with van der Waals surface area (Å²) >= 11 is 12.9. The Balaban J connectivity index is 1.75. The maximum Gasteiger partial charge on any atom is 0.258 e. The summed E-state index contributed by atoms with van der Waals surface area (Å²) in [6.45, 7) is 10.6. The summed E-state index contributed by atoms with van der Waals surface area (Å²) in [6.07, 6.45) is 2.66. The molecular formula is C24H28Cl2N6O. The van der Waals surface area contributed by atoms with E-state index in [0.717, 1.165) is 37.3 Å². The van der Waals surface area contributed by atoms with Gasteiger partial charge in [-0.15, -0.1) is 0 Å². The fourth-order valence-electron chi connectivity index (χ4n) is 3.54. The molecule has 9 heteroatoms. The summed E-state index contributed by atoms with van der Waals surface area (Å²) in [4.78, 5) is 28.2. The van der Waals surface area contributed by atoms with E-state index in [-0.39, 0.29) is 11.5 Å². The lowest BCUT2D eigenvalue weighted by Crippen LogP contribution is -2.23. The molecule has 0 unspecified atom stereocenters. The molecule has 33 heavy (non-hydrogen) atoms. The van der Waals surface area contributed by atoms with Gasteiger partial charge >= 0.3 is 0 Å². The van der Waals surface area contributed by atoms with Crippen molar-refractivity contribution in [3.05, 3.63) is 69.2 Å². The van der Waals surface area contributed by atoms with Gasteiger partial charge < -0.3 is 10.6 Å². The molecular weight excluding hydrogens is 459 g/mol. The molecule has 3 aromatic rings. The maximum atomic E-state index is 13.0. The van der Waals surface area contributed by atoms with E-state index >= 15 is 0 Å². The van der Waals surface area contributed by atoms with Crippen molar-refractivity contribution in [2.75, 3.05) is 23.7 Å². The molecule has 2 heterocycles. The average Bonchev–Trinajstić information content (AvgIpc) is 2.72. The molecule has 7 nitrogen and oxygen atoms in total. The van der Waals surface area contributed by atoms with E-state index in [2.05, 4.69) is 44.3 Å². The Labute approximate surface area is 204 Å². The Bertz CT molecular complexity index is 1090. The van der Waals surface area contributed by atoms with Gasteiger partial charge in [0.25, 0.3) is 5.91 Å². The van der Waals surface area contributed by atoms with Gasteiger partial charge in [0.05, 0.1) is 15.6 Å². The van der Waals surface area contributed by atoms with Crippen molar-refractivity contribution in [1.29, 1.82) is 0 Å². The Hall–Kier alpha value is -2.74. The summed E-state index contributed by atoms with van der Waals surface area (Å²) in [5.74, 6) is 1.44. The summed E-state index contributed by atoms with van der Waals surface area (Å²) < 4.78 is 0. The maximum absolute atomic E-state index is 13.0. The van der Waals surface area contributed by atoms with Crippen LogP contribution in [0.15, 0.2) is 36.5 Å². The minimum absolute atomic E-state index is 0.244. The molecule has 0 spiro atoms. The van der Waals surface area contributed by atoms with Gasteiger partial charge in [-0.2, -0.15) is 0 Å². The van der Waals surface area contributed by atoms with Gasteiger partial charge in [-0.3, -0.25) is 9.69 Å². The topological polar surface area (TPSA) is 83.0 Å². The van der Waals surface area contributed by atoms with Crippen LogP contribution < -0.4 is 10.6 Å². The minimum atomic E-state index is -0.386. The van der Waals surface area contributed by atoms with Crippen LogP contribution in [0.3, 0.4) is 0 Å². The van der Waals surface area contributed by atoms with Gasteiger partial charge in [0, 0.05) is 36.3 Å². The zero-order valence-corrected chi connectivity index (χ0v) is 20.8. The first-order valence-corrected chi connectivity index (χ1v) is 11.6. The summed E-state index contributed by atoms with van der Waals surface area (Å²) in [7, 11) is 0. The molecule has 2 N–H and O–H groups in total. The standard InChI is InChI=1S/C24H28Cl2N6O/c1-5-9-32(6-2)14-17-11-19(25)23(20(26)12-17)24(33)30-18-7-8-27-21(13-18)31-22-10-15(3)28-16(4)29-22/h7-8,10-13H,5-6,9,14H2,1-4H3,(H2,27,28,29,30,31,33). The SMILES string of the molecule is CCCN(CC)Cc1cc(Cl)c(C(=O)Nc2ccnc(Nc3cc(C)nc(C)n3)c2)c(Cl)c1. The predicted octanol–water partition coefficient (Wildman–Crippen LogP) is 6.02. The van der Waals surface area contributed by atoms with Gasteiger partial charge in [0.15, 0.2) is 0 Å². The Kier molecular flexibility index (Phi) is 8.61. The van der Waals surface area contributed by atoms with Crippen LogP contribution in [-0.2, 0) is 6.54 Å². The number of aryl methyl sites for hydroxylation is 2. The number of carbonyl (C=O) groups is 1. The van der Waals surface area contributed by atoms with E-state index in [9.17, 15) is 4.79 Å². The van der Waals surface area contributed by atoms with Crippen molar-refractivity contribution in [3.8, 4) is 0 Å². The van der Waals surface area contributed by atoms with Crippen molar-refractivity contribution in [1.82, 2.24) is 19.9 Å². The van der Waals surface area contributed by atoms with Crippen LogP contribution in [0.1, 0.15) is 47.7 Å². The van der Waals surface area contributed by atoms with Crippen molar-refractivity contribution < 1.29 is 4.79 Å². The number of nitrogens with one attached hydrogen (secondary N) is 2. The number of benzene rings is 1. The molecule has 0 aliphatic carbocycles. The number of hydrogen-bond acceptors (Lipinski definition) is 6. The average molecular weight is 487 g/mol. The Morgan fingerprint density at radius 1 is 1.03 bits per heavy atom. The third-order valence-corrected chi connectivity index (χ3v) is 5.56. The third kappa shape index (κ3) is 6.87. The molecule has 0 radical (unpaired) electrons. The number of carbonyl (C=O) groups excluding carboxylic acids is 1. The fourth-order valence-corrected chi connectivity index (χ4v) is 4.24. The zero-order valence-electron chi connectivity index (χ0n) is 19.2. The minimum Gasteiger partial charge on any atom is -0.325 e. The lowest BCUT2D eigenvalue weighted by molar-refractivity contribution is 0.102. The normalized spacial score (nSPS) is 11.0. The number of pyridine rings is 1. The van der Waals surface area contributed by atoms with E-state index in [1.807, 2.05) is 19.9 Å². The number of aromatic nitrogens is 3. The molecule has 0 aliphatic heterocycles. The number of anilines is 3. The van der Waals surface area contributed by atoms with Crippen LogP contribution in [0.25, 0.3) is 0 Å². The molecule has 1 aromatic carbocycles. The molecule has 0 saturated carbocycles. The first-order valence-electron chi connectivity index (χ1n) is 10.9. The molecule has 2 aromatic heterocycles. The quantitative estimate of drug-likeness (QED) is 0.384. The molecule has 0 atom stereocenters. The van der Waals surface area contributed by atoms with E-state index in [0.29, 0.717) is 33.2 Å². The van der Waals surface area contributed by atoms with Crippen LogP contribution >= 0.6 is 23.2 Å². The van der Waals surface area contributed by atoms with Crippen molar-refractivity contribution in [2.45, 2.75) is 40.7 Å². The van der Waals surface area contributed by atoms with Crippen LogP contribution in [-0.4, -0.2) is 38.8 Å². The van der Waals surface area contributed by atoms with E-state index in [4.69, 9.17) is 23.2 Å². The summed E-state index contributed by atoms with van der Waals surface area (Å²) in [6, 6.07) is 8.84. The van der Waals surface area contributed by atoms with E-state index < -0.39 is 0 Å². The predicted molar refractivity (Wildman–Crippen MR) is 135 cm³/mol. The summed E-state index contributed by atoms with van der Waals surface area (Å²) in [5, 5.41) is 6.62. The second-order valence-electron chi connectivity index (χ2n) is 7.75. The molecule has 0 fully saturated rings. The highest BCUT2D eigenvalue weighted by atomic mass is 35.5. The highest BCUT2D eigenvalue weighted by molar-refractivity contribution is 6.40. The molecule has 174 valence electrons. The van der Waals surface area contributed by atoms with E-state index in [1.165, 1.54) is 0 Å². The highest BCUT2D eigenvalue weighted by Gasteiger charge is 2.17. The van der Waals surface area contributed by atoms with Gasteiger partial charge in [0.2, 0.25) is 0 Å². The second-order valence-corrected chi connectivity index (χ2v) is 8.57. The van der Waals surface area contributed by atoms with Gasteiger partial charge in [-0.25, -0.2) is 15.0 Å². The van der Waals surface area contributed by atoms with Crippen LogP contribution in [0, 0.1) is 13.8 Å². The number of nitrogens with zero attached hydrogens (tertiary/aromatic N) is 4. The van der Waals surface area contributed by atoms with E-state index in [1.54, 1.807) is 30.5 Å². The number of hydrogen-bond donors (Lipinski definition) is 2. The van der Waals surface area contributed by atoms with Crippen LogP contribution in [0.2, 0.25) is 10.0 Å². The smallest absolute Gasteiger partial charge is 0.258 e. The van der Waals surface area contributed by atoms with Crippen LogP contribution in [0.5, 0.6) is 0 Å². The van der Waals surface area contributed by atoms with Gasteiger partial charge in [-0.1, -0.05) is 37.0 Å². The fraction of sp³-hybridized carbons (Fsp3) is 0.333. The lowest BCUT2D eigenvalue weighted by Gasteiger charge is -2.20. The third-order valence-electron chi connectivity index (χ3n) is 4.96. The van der Waals surface area contributed by atoms with Crippen molar-refractivity contribution >= 4 is 46.4 Å².